The van der Waals surface area contributed by atoms with Crippen LogP contribution >= 0.6 is 11.8 Å². The molecule has 0 unspecified atom stereocenters. The molecule has 3 aromatic rings. The summed E-state index contributed by atoms with van der Waals surface area (Å²) in [6.45, 7) is 6.89. The number of thioether (sulfide) groups is 1. The highest BCUT2D eigenvalue weighted by Crippen LogP contribution is 2.30. The molecule has 0 aliphatic heterocycles. The molecule has 3 rings (SSSR count). The van der Waals surface area contributed by atoms with Crippen molar-refractivity contribution >= 4 is 11.8 Å². The average molecular weight is 426 g/mol. The molecule has 0 bridgehead atoms. The minimum atomic E-state index is -0.150. The second-order valence-corrected chi connectivity index (χ2v) is 9.13. The number of aryl methyl sites for hydroxylation is 1. The van der Waals surface area contributed by atoms with Crippen molar-refractivity contribution in [3.8, 4) is 17.2 Å². The highest BCUT2D eigenvalue weighted by Gasteiger charge is 2.15. The molecular weight excluding hydrogens is 398 g/mol. The number of hydrogen-bond donors (Lipinski definition) is 0. The third-order valence-electron chi connectivity index (χ3n) is 4.27. The van der Waals surface area contributed by atoms with Gasteiger partial charge in [0.1, 0.15) is 0 Å². The summed E-state index contributed by atoms with van der Waals surface area (Å²) in [7, 11) is 1.60. The molecule has 0 aliphatic carbocycles. The maximum atomic E-state index is 13.0. The third-order valence-corrected chi connectivity index (χ3v) is 5.24. The summed E-state index contributed by atoms with van der Waals surface area (Å²) in [5.41, 5.74) is 1.78. The van der Waals surface area contributed by atoms with E-state index in [0.29, 0.717) is 28.8 Å². The Bertz CT molecular complexity index is 1030. The van der Waals surface area contributed by atoms with E-state index in [-0.39, 0.29) is 11.0 Å². The number of ether oxygens (including phenoxy) is 2. The van der Waals surface area contributed by atoms with Gasteiger partial charge in [-0.15, -0.1) is 11.8 Å². The summed E-state index contributed by atoms with van der Waals surface area (Å²) in [5.74, 6) is 2.01. The topological polar surface area (TPSA) is 66.2 Å². The first kappa shape index (κ1) is 21.9. The lowest BCUT2D eigenvalue weighted by Gasteiger charge is -2.20. The van der Waals surface area contributed by atoms with Crippen molar-refractivity contribution in [2.45, 2.75) is 32.2 Å². The number of pyridine rings is 1. The monoisotopic (exact) mass is 425 g/mol. The second-order valence-electron chi connectivity index (χ2n) is 8.05. The fraction of sp³-hybridized carbons (Fsp3) is 0.348. The van der Waals surface area contributed by atoms with Crippen molar-refractivity contribution in [2.24, 2.45) is 5.41 Å². The largest absolute Gasteiger partial charge is 0.493 e. The quantitative estimate of drug-likeness (QED) is 0.499. The van der Waals surface area contributed by atoms with Crippen LogP contribution in [-0.4, -0.2) is 34.0 Å². The summed E-state index contributed by atoms with van der Waals surface area (Å²) in [6, 6.07) is 9.46. The molecule has 7 heteroatoms. The molecular formula is C23H27N3O3S. The molecule has 158 valence electrons. The van der Waals surface area contributed by atoms with Gasteiger partial charge in [0.15, 0.2) is 16.5 Å². The van der Waals surface area contributed by atoms with Crippen molar-refractivity contribution in [3.63, 3.8) is 0 Å². The molecule has 2 heterocycles. The predicted octanol–water partition coefficient (Wildman–Crippen LogP) is 4.40. The molecule has 0 saturated carbocycles. The summed E-state index contributed by atoms with van der Waals surface area (Å²) < 4.78 is 13.0. The molecule has 0 radical (unpaired) electrons. The molecule has 0 atom stereocenters. The second kappa shape index (κ2) is 9.80. The molecule has 2 aromatic heterocycles. The lowest BCUT2D eigenvalue weighted by molar-refractivity contribution is 0.191. The first-order chi connectivity index (χ1) is 14.4. The number of benzene rings is 1. The van der Waals surface area contributed by atoms with Crippen LogP contribution in [0, 0.1) is 5.41 Å². The van der Waals surface area contributed by atoms with Crippen LogP contribution in [-0.2, 0) is 6.42 Å². The first-order valence-electron chi connectivity index (χ1n) is 9.78. The Morgan fingerprint density at radius 3 is 2.53 bits per heavy atom. The van der Waals surface area contributed by atoms with Crippen LogP contribution in [0.5, 0.6) is 11.5 Å². The van der Waals surface area contributed by atoms with E-state index in [2.05, 4.69) is 30.7 Å². The molecule has 0 fully saturated rings. The Balaban J connectivity index is 1.77. The van der Waals surface area contributed by atoms with Gasteiger partial charge in [-0.05, 0) is 41.7 Å². The van der Waals surface area contributed by atoms with Crippen LogP contribution in [0.15, 0.2) is 64.9 Å². The van der Waals surface area contributed by atoms with Gasteiger partial charge in [0, 0.05) is 36.6 Å². The molecule has 0 amide bonds. The van der Waals surface area contributed by atoms with E-state index in [0.717, 1.165) is 12.2 Å². The van der Waals surface area contributed by atoms with Crippen molar-refractivity contribution < 1.29 is 9.47 Å². The standard InChI is InChI=1S/C23H27N3O3S/c1-23(2,3)16-29-19-6-5-18(15-20(19)28-4)26-13-12-25-21(22(26)27)30-14-9-17-7-10-24-11-8-17/h5-8,10-13,15H,9,14,16H2,1-4H3. The summed E-state index contributed by atoms with van der Waals surface area (Å²) in [6.07, 6.45) is 7.70. The van der Waals surface area contributed by atoms with Gasteiger partial charge in [-0.2, -0.15) is 0 Å². The zero-order chi connectivity index (χ0) is 21.6. The minimum absolute atomic E-state index is 0.0358. The van der Waals surface area contributed by atoms with Gasteiger partial charge in [-0.1, -0.05) is 20.8 Å². The predicted molar refractivity (Wildman–Crippen MR) is 120 cm³/mol. The average Bonchev–Trinajstić information content (AvgIpc) is 2.73. The highest BCUT2D eigenvalue weighted by molar-refractivity contribution is 7.99. The number of rotatable bonds is 8. The van der Waals surface area contributed by atoms with Crippen LogP contribution in [0.3, 0.4) is 0 Å². The smallest absolute Gasteiger partial charge is 0.287 e. The third kappa shape index (κ3) is 5.86. The summed E-state index contributed by atoms with van der Waals surface area (Å²) >= 11 is 1.45. The van der Waals surface area contributed by atoms with Crippen molar-refractivity contribution in [3.05, 3.63) is 71.0 Å². The Hall–Kier alpha value is -2.80. The van der Waals surface area contributed by atoms with Gasteiger partial charge in [0.2, 0.25) is 0 Å². The van der Waals surface area contributed by atoms with E-state index < -0.39 is 0 Å². The van der Waals surface area contributed by atoms with E-state index in [1.54, 1.807) is 36.5 Å². The van der Waals surface area contributed by atoms with E-state index in [1.807, 2.05) is 30.3 Å². The number of hydrogen-bond acceptors (Lipinski definition) is 6. The lowest BCUT2D eigenvalue weighted by Crippen LogP contribution is -2.21. The Morgan fingerprint density at radius 1 is 1.07 bits per heavy atom. The van der Waals surface area contributed by atoms with E-state index in [1.165, 1.54) is 17.3 Å². The molecule has 6 nitrogen and oxygen atoms in total. The fourth-order valence-corrected chi connectivity index (χ4v) is 3.62. The molecule has 0 saturated heterocycles. The van der Waals surface area contributed by atoms with E-state index in [9.17, 15) is 4.79 Å². The molecule has 0 spiro atoms. The van der Waals surface area contributed by atoms with Crippen LogP contribution in [0.1, 0.15) is 26.3 Å². The van der Waals surface area contributed by atoms with Gasteiger partial charge >= 0.3 is 0 Å². The van der Waals surface area contributed by atoms with Crippen molar-refractivity contribution in [1.29, 1.82) is 0 Å². The van der Waals surface area contributed by atoms with Gasteiger partial charge in [0.25, 0.3) is 5.56 Å². The number of nitrogens with zero attached hydrogens (tertiary/aromatic N) is 3. The van der Waals surface area contributed by atoms with Crippen LogP contribution in [0.25, 0.3) is 5.69 Å². The fourth-order valence-electron chi connectivity index (χ4n) is 2.73. The summed E-state index contributed by atoms with van der Waals surface area (Å²) in [5, 5.41) is 0.471. The van der Waals surface area contributed by atoms with Crippen LogP contribution < -0.4 is 15.0 Å². The number of methoxy groups -OCH3 is 1. The van der Waals surface area contributed by atoms with Gasteiger partial charge < -0.3 is 9.47 Å². The van der Waals surface area contributed by atoms with Crippen LogP contribution in [0.4, 0.5) is 0 Å². The Labute approximate surface area is 181 Å². The van der Waals surface area contributed by atoms with Gasteiger partial charge in [-0.25, -0.2) is 4.98 Å². The maximum absolute atomic E-state index is 13.0. The van der Waals surface area contributed by atoms with Crippen molar-refractivity contribution in [2.75, 3.05) is 19.5 Å². The Kier molecular flexibility index (Phi) is 7.15. The normalized spacial score (nSPS) is 11.3. The van der Waals surface area contributed by atoms with Gasteiger partial charge in [0.05, 0.1) is 19.4 Å². The molecule has 30 heavy (non-hydrogen) atoms. The Morgan fingerprint density at radius 2 is 1.83 bits per heavy atom. The number of aromatic nitrogens is 3. The first-order valence-corrected chi connectivity index (χ1v) is 10.8. The lowest BCUT2D eigenvalue weighted by atomic mass is 9.99. The zero-order valence-electron chi connectivity index (χ0n) is 17.8. The zero-order valence-corrected chi connectivity index (χ0v) is 18.6. The molecule has 0 aliphatic rings. The van der Waals surface area contributed by atoms with E-state index in [4.69, 9.17) is 9.47 Å². The minimum Gasteiger partial charge on any atom is -0.493 e. The SMILES string of the molecule is COc1cc(-n2ccnc(SCCc3ccncc3)c2=O)ccc1OCC(C)(C)C. The van der Waals surface area contributed by atoms with Gasteiger partial charge in [-0.3, -0.25) is 14.3 Å². The highest BCUT2D eigenvalue weighted by atomic mass is 32.2. The molecule has 0 N–H and O–H groups in total. The van der Waals surface area contributed by atoms with Crippen LogP contribution in [0.2, 0.25) is 0 Å². The summed E-state index contributed by atoms with van der Waals surface area (Å²) in [4.78, 5) is 21.2. The van der Waals surface area contributed by atoms with Crippen molar-refractivity contribution in [1.82, 2.24) is 14.5 Å². The van der Waals surface area contributed by atoms with E-state index >= 15 is 0 Å². The molecule has 1 aromatic carbocycles. The maximum Gasteiger partial charge on any atom is 0.287 e.